The minimum atomic E-state index is 0.00959. The number of aromatic nitrogens is 2. The van der Waals surface area contributed by atoms with Crippen molar-refractivity contribution in [1.29, 1.82) is 0 Å². The molecule has 2 heterocycles. The van der Waals surface area contributed by atoms with Gasteiger partial charge in [0.15, 0.2) is 5.78 Å². The van der Waals surface area contributed by atoms with E-state index < -0.39 is 0 Å². The maximum atomic E-state index is 12.8. The summed E-state index contributed by atoms with van der Waals surface area (Å²) >= 11 is 3.25. The first-order chi connectivity index (χ1) is 13.2. The fourth-order valence-electron chi connectivity index (χ4n) is 3.41. The Morgan fingerprint density at radius 1 is 1.19 bits per heavy atom. The number of hydrogen-bond acceptors (Lipinski definition) is 7. The molecule has 3 aromatic rings. The van der Waals surface area contributed by atoms with Crippen LogP contribution in [0.15, 0.2) is 29.6 Å². The van der Waals surface area contributed by atoms with Gasteiger partial charge in [0.25, 0.3) is 0 Å². The third-order valence-corrected chi connectivity index (χ3v) is 6.95. The highest BCUT2D eigenvalue weighted by Crippen LogP contribution is 2.39. The van der Waals surface area contributed by atoms with Gasteiger partial charge in [-0.2, -0.15) is 0 Å². The molecule has 0 bridgehead atoms. The number of rotatable bonds is 6. The Balaban J connectivity index is 1.59. The van der Waals surface area contributed by atoms with Crippen LogP contribution in [0.5, 0.6) is 11.5 Å². The Morgan fingerprint density at radius 3 is 2.85 bits per heavy atom. The van der Waals surface area contributed by atoms with Crippen molar-refractivity contribution in [3.05, 3.63) is 40.5 Å². The van der Waals surface area contributed by atoms with E-state index in [0.29, 0.717) is 22.8 Å². The second-order valence-corrected chi connectivity index (χ2v) is 8.40. The van der Waals surface area contributed by atoms with Crippen LogP contribution in [0.1, 0.15) is 33.6 Å². The first-order valence-electron chi connectivity index (χ1n) is 8.84. The molecule has 4 rings (SSSR count). The van der Waals surface area contributed by atoms with Gasteiger partial charge in [0, 0.05) is 16.3 Å². The number of nitrogens with zero attached hydrogens (tertiary/aromatic N) is 2. The zero-order valence-corrected chi connectivity index (χ0v) is 16.9. The van der Waals surface area contributed by atoms with Crippen LogP contribution >= 0.6 is 23.1 Å². The van der Waals surface area contributed by atoms with Crippen LogP contribution in [-0.2, 0) is 12.8 Å². The van der Waals surface area contributed by atoms with Gasteiger partial charge in [-0.05, 0) is 43.4 Å². The minimum Gasteiger partial charge on any atom is -0.497 e. The highest BCUT2D eigenvalue weighted by Gasteiger charge is 2.21. The second kappa shape index (κ2) is 7.86. The van der Waals surface area contributed by atoms with Crippen molar-refractivity contribution in [3.63, 3.8) is 0 Å². The van der Waals surface area contributed by atoms with E-state index in [4.69, 9.17) is 9.47 Å². The molecule has 0 radical (unpaired) electrons. The van der Waals surface area contributed by atoms with Crippen LogP contribution in [-0.4, -0.2) is 35.7 Å². The smallest absolute Gasteiger partial charge is 0.176 e. The molecule has 5 nitrogen and oxygen atoms in total. The largest absolute Gasteiger partial charge is 0.497 e. The highest BCUT2D eigenvalue weighted by molar-refractivity contribution is 8.00. The number of carbonyl (C=O) groups is 1. The molecule has 0 fully saturated rings. The molecule has 2 aromatic heterocycles. The zero-order chi connectivity index (χ0) is 18.8. The number of Topliss-reactive ketones (excluding diaryl/α,β-unsaturated/α-hetero) is 1. The number of methoxy groups -OCH3 is 2. The lowest BCUT2D eigenvalue weighted by atomic mass is 9.97. The molecule has 1 aliphatic rings. The quantitative estimate of drug-likeness (QED) is 0.343. The number of carbonyl (C=O) groups excluding carboxylic acids is 1. The summed E-state index contributed by atoms with van der Waals surface area (Å²) in [6.45, 7) is 0. The predicted octanol–water partition coefficient (Wildman–Crippen LogP) is 4.56. The zero-order valence-electron chi connectivity index (χ0n) is 15.3. The number of hydrogen-bond donors (Lipinski definition) is 0. The van der Waals surface area contributed by atoms with Crippen molar-refractivity contribution in [1.82, 2.24) is 9.97 Å². The second-order valence-electron chi connectivity index (χ2n) is 6.35. The lowest BCUT2D eigenvalue weighted by Crippen LogP contribution is -2.06. The third kappa shape index (κ3) is 3.53. The van der Waals surface area contributed by atoms with Gasteiger partial charge in [0.05, 0.1) is 25.5 Å². The van der Waals surface area contributed by atoms with Crippen molar-refractivity contribution >= 4 is 39.1 Å². The van der Waals surface area contributed by atoms with Crippen LogP contribution < -0.4 is 9.47 Å². The van der Waals surface area contributed by atoms with Crippen molar-refractivity contribution < 1.29 is 14.3 Å². The van der Waals surface area contributed by atoms with E-state index in [1.54, 1.807) is 50.1 Å². The molecule has 0 unspecified atom stereocenters. The van der Waals surface area contributed by atoms with Gasteiger partial charge < -0.3 is 9.47 Å². The number of aryl methyl sites for hydroxylation is 2. The normalized spacial score (nSPS) is 13.4. The summed E-state index contributed by atoms with van der Waals surface area (Å²) in [5, 5.41) is 2.05. The molecule has 0 saturated carbocycles. The maximum Gasteiger partial charge on any atom is 0.176 e. The van der Waals surface area contributed by atoms with E-state index in [9.17, 15) is 4.79 Å². The number of ether oxygens (including phenoxy) is 2. The van der Waals surface area contributed by atoms with Crippen LogP contribution in [0.4, 0.5) is 0 Å². The van der Waals surface area contributed by atoms with Gasteiger partial charge in [-0.1, -0.05) is 11.8 Å². The van der Waals surface area contributed by atoms with Gasteiger partial charge in [-0.15, -0.1) is 11.3 Å². The first kappa shape index (κ1) is 18.3. The molecule has 0 saturated heterocycles. The first-order valence-corrected chi connectivity index (χ1v) is 10.6. The molecule has 0 atom stereocenters. The van der Waals surface area contributed by atoms with E-state index in [1.807, 2.05) is 0 Å². The predicted molar refractivity (Wildman–Crippen MR) is 109 cm³/mol. The molecule has 1 aromatic carbocycles. The topological polar surface area (TPSA) is 61.3 Å². The maximum absolute atomic E-state index is 12.8. The van der Waals surface area contributed by atoms with E-state index in [1.165, 1.54) is 35.0 Å². The fraction of sp³-hybridized carbons (Fsp3) is 0.350. The molecule has 27 heavy (non-hydrogen) atoms. The van der Waals surface area contributed by atoms with Crippen molar-refractivity contribution in [3.8, 4) is 11.5 Å². The summed E-state index contributed by atoms with van der Waals surface area (Å²) in [6, 6.07) is 5.26. The van der Waals surface area contributed by atoms with Gasteiger partial charge in [-0.3, -0.25) is 4.79 Å². The van der Waals surface area contributed by atoms with Gasteiger partial charge in [-0.25, -0.2) is 9.97 Å². The van der Waals surface area contributed by atoms with Gasteiger partial charge in [0.2, 0.25) is 0 Å². The highest BCUT2D eigenvalue weighted by atomic mass is 32.2. The van der Waals surface area contributed by atoms with Crippen LogP contribution in [0.3, 0.4) is 0 Å². The molecule has 140 valence electrons. The van der Waals surface area contributed by atoms with Gasteiger partial charge in [0.1, 0.15) is 27.7 Å². The van der Waals surface area contributed by atoms with Crippen LogP contribution in [0, 0.1) is 0 Å². The molecule has 0 N–H and O–H groups in total. The average Bonchev–Trinajstić information content (AvgIpc) is 3.10. The van der Waals surface area contributed by atoms with Crippen LogP contribution in [0.25, 0.3) is 10.2 Å². The summed E-state index contributed by atoms with van der Waals surface area (Å²) in [5.74, 6) is 1.51. The molecular weight excluding hydrogens is 380 g/mol. The summed E-state index contributed by atoms with van der Waals surface area (Å²) in [4.78, 5) is 24.2. The van der Waals surface area contributed by atoms with E-state index in [0.717, 1.165) is 28.1 Å². The number of ketones is 1. The number of fused-ring (bicyclic) bond motifs is 3. The summed E-state index contributed by atoms with van der Waals surface area (Å²) < 4.78 is 10.6. The molecule has 7 heteroatoms. The number of benzene rings is 1. The monoisotopic (exact) mass is 400 g/mol. The standard InChI is InChI=1S/C20H20N2O3S2/c1-24-12-7-8-13(16(9-12)25-2)15(23)10-26-19-18-14-5-3-4-6-17(14)27-20(18)22-11-21-19/h7-9,11H,3-6,10H2,1-2H3. The lowest BCUT2D eigenvalue weighted by molar-refractivity contribution is 0.101. The molecule has 0 amide bonds. The van der Waals surface area contributed by atoms with Crippen molar-refractivity contribution in [2.45, 2.75) is 30.7 Å². The Hall–Kier alpha value is -2.12. The Bertz CT molecular complexity index is 1000. The van der Waals surface area contributed by atoms with E-state index in [2.05, 4.69) is 9.97 Å². The lowest BCUT2D eigenvalue weighted by Gasteiger charge is -2.12. The van der Waals surface area contributed by atoms with Crippen molar-refractivity contribution in [2.24, 2.45) is 0 Å². The van der Waals surface area contributed by atoms with Crippen molar-refractivity contribution in [2.75, 3.05) is 20.0 Å². The summed E-state index contributed by atoms with van der Waals surface area (Å²) in [6.07, 6.45) is 6.26. The molecular formula is C20H20N2O3S2. The minimum absolute atomic E-state index is 0.00959. The molecule has 1 aliphatic carbocycles. The Labute approximate surface area is 166 Å². The van der Waals surface area contributed by atoms with E-state index >= 15 is 0 Å². The average molecular weight is 401 g/mol. The fourth-order valence-corrected chi connectivity index (χ4v) is 5.61. The number of thioether (sulfide) groups is 1. The third-order valence-electron chi connectivity index (χ3n) is 4.77. The van der Waals surface area contributed by atoms with E-state index in [-0.39, 0.29) is 5.78 Å². The molecule has 0 aliphatic heterocycles. The SMILES string of the molecule is COc1ccc(C(=O)CSc2ncnc3sc4c(c23)CCCC4)c(OC)c1. The van der Waals surface area contributed by atoms with Gasteiger partial charge >= 0.3 is 0 Å². The Morgan fingerprint density at radius 2 is 2.04 bits per heavy atom. The molecule has 0 spiro atoms. The Kier molecular flexibility index (Phi) is 5.31. The number of thiophene rings is 1. The summed E-state index contributed by atoms with van der Waals surface area (Å²) in [7, 11) is 3.15. The van der Waals surface area contributed by atoms with Crippen LogP contribution in [0.2, 0.25) is 0 Å². The summed E-state index contributed by atoms with van der Waals surface area (Å²) in [5.41, 5.74) is 1.95.